The van der Waals surface area contributed by atoms with Crippen LogP contribution < -0.4 is 5.73 Å². The van der Waals surface area contributed by atoms with Crippen molar-refractivity contribution in [1.29, 1.82) is 0 Å². The van der Waals surface area contributed by atoms with Crippen molar-refractivity contribution in [3.05, 3.63) is 35.5 Å². The first-order valence-electron chi connectivity index (χ1n) is 7.33. The molecule has 2 atom stereocenters. The van der Waals surface area contributed by atoms with E-state index in [1.54, 1.807) is 0 Å². The highest BCUT2D eigenvalue weighted by molar-refractivity contribution is 5.85. The fourth-order valence-electron chi connectivity index (χ4n) is 3.31. The van der Waals surface area contributed by atoms with Crippen LogP contribution in [0.15, 0.2) is 24.3 Å². The van der Waals surface area contributed by atoms with Gasteiger partial charge in [-0.2, -0.15) is 0 Å². The van der Waals surface area contributed by atoms with Crippen LogP contribution in [0.25, 0.3) is 10.9 Å². The summed E-state index contributed by atoms with van der Waals surface area (Å²) >= 11 is 0. The van der Waals surface area contributed by atoms with Gasteiger partial charge in [0.2, 0.25) is 0 Å². The summed E-state index contributed by atoms with van der Waals surface area (Å²) in [6, 6.07) is 8.81. The summed E-state index contributed by atoms with van der Waals surface area (Å²) in [5.74, 6) is 0. The van der Waals surface area contributed by atoms with E-state index in [1.165, 1.54) is 22.2 Å². The summed E-state index contributed by atoms with van der Waals surface area (Å²) in [6.07, 6.45) is 0. The van der Waals surface area contributed by atoms with E-state index in [1.807, 2.05) is 0 Å². The molecule has 3 rings (SSSR count). The maximum Gasteiger partial charge on any atom is 0.0594 e. The van der Waals surface area contributed by atoms with Gasteiger partial charge in [0.25, 0.3) is 0 Å². The van der Waals surface area contributed by atoms with Crippen molar-refractivity contribution in [2.24, 2.45) is 5.73 Å². The third-order valence-electron chi connectivity index (χ3n) is 4.18. The molecule has 0 radical (unpaired) electrons. The third kappa shape index (κ3) is 2.35. The minimum atomic E-state index is 0.0889. The first-order valence-corrected chi connectivity index (χ1v) is 7.33. The number of ether oxygens (including phenoxy) is 1. The highest BCUT2D eigenvalue weighted by Gasteiger charge is 2.29. The quantitative estimate of drug-likeness (QED) is 0.901. The Hall–Kier alpha value is -1.36. The number of nitrogens with one attached hydrogen (secondary N) is 1. The van der Waals surface area contributed by atoms with Crippen molar-refractivity contribution in [2.45, 2.75) is 25.9 Å². The van der Waals surface area contributed by atoms with Crippen molar-refractivity contribution >= 4 is 10.9 Å². The molecule has 3 N–H and O–H groups in total. The molecule has 1 aromatic carbocycles. The number of aromatic nitrogens is 1. The van der Waals surface area contributed by atoms with Gasteiger partial charge >= 0.3 is 0 Å². The number of hydrogen-bond acceptors (Lipinski definition) is 3. The SMILES string of the molecule is Cc1[nH]c2ccccc2c1C(C(C)N)N1CCOCC1. The molecule has 2 unspecified atom stereocenters. The Bertz CT molecular complexity index is 584. The number of hydrogen-bond donors (Lipinski definition) is 2. The van der Waals surface area contributed by atoms with Crippen LogP contribution in [-0.2, 0) is 4.74 Å². The van der Waals surface area contributed by atoms with Crippen molar-refractivity contribution < 1.29 is 4.74 Å². The summed E-state index contributed by atoms with van der Waals surface area (Å²) in [6.45, 7) is 7.73. The number of benzene rings is 1. The van der Waals surface area contributed by atoms with E-state index in [0.29, 0.717) is 0 Å². The largest absolute Gasteiger partial charge is 0.379 e. The molecule has 0 saturated carbocycles. The Kier molecular flexibility index (Phi) is 3.78. The number of aromatic amines is 1. The molecule has 0 aliphatic carbocycles. The van der Waals surface area contributed by atoms with E-state index in [2.05, 4.69) is 48.0 Å². The van der Waals surface area contributed by atoms with Gasteiger partial charge in [-0.05, 0) is 25.5 Å². The Morgan fingerprint density at radius 1 is 1.25 bits per heavy atom. The minimum absolute atomic E-state index is 0.0889. The van der Waals surface area contributed by atoms with E-state index in [0.717, 1.165) is 26.3 Å². The number of nitrogens with zero attached hydrogens (tertiary/aromatic N) is 1. The zero-order valence-corrected chi connectivity index (χ0v) is 12.2. The second-order valence-electron chi connectivity index (χ2n) is 5.66. The van der Waals surface area contributed by atoms with Gasteiger partial charge in [0.15, 0.2) is 0 Å². The number of fused-ring (bicyclic) bond motifs is 1. The second kappa shape index (κ2) is 5.56. The lowest BCUT2D eigenvalue weighted by Gasteiger charge is -2.37. The van der Waals surface area contributed by atoms with Crippen LogP contribution in [0, 0.1) is 6.92 Å². The lowest BCUT2D eigenvalue weighted by atomic mass is 9.96. The molecule has 4 heteroatoms. The zero-order chi connectivity index (χ0) is 14.1. The van der Waals surface area contributed by atoms with E-state index in [9.17, 15) is 0 Å². The van der Waals surface area contributed by atoms with Gasteiger partial charge in [-0.25, -0.2) is 0 Å². The van der Waals surface area contributed by atoms with Crippen LogP contribution in [0.3, 0.4) is 0 Å². The van der Waals surface area contributed by atoms with Crippen LogP contribution in [0.5, 0.6) is 0 Å². The molecule has 0 spiro atoms. The van der Waals surface area contributed by atoms with Gasteiger partial charge in [0.05, 0.1) is 19.3 Å². The number of aryl methyl sites for hydroxylation is 1. The number of rotatable bonds is 3. The van der Waals surface area contributed by atoms with E-state index in [-0.39, 0.29) is 12.1 Å². The normalized spacial score (nSPS) is 20.1. The molecule has 4 nitrogen and oxygen atoms in total. The minimum Gasteiger partial charge on any atom is -0.379 e. The average molecular weight is 273 g/mol. The van der Waals surface area contributed by atoms with Crippen LogP contribution in [0.2, 0.25) is 0 Å². The molecular weight excluding hydrogens is 250 g/mol. The van der Waals surface area contributed by atoms with Crippen LogP contribution >= 0.6 is 0 Å². The average Bonchev–Trinajstić information content (AvgIpc) is 2.77. The number of morpholine rings is 1. The molecule has 108 valence electrons. The van der Waals surface area contributed by atoms with Gasteiger partial charge in [-0.1, -0.05) is 18.2 Å². The van der Waals surface area contributed by atoms with Gasteiger partial charge < -0.3 is 15.5 Å². The van der Waals surface area contributed by atoms with Gasteiger partial charge in [-0.15, -0.1) is 0 Å². The molecule has 1 aliphatic rings. The van der Waals surface area contributed by atoms with Crippen molar-refractivity contribution in [3.63, 3.8) is 0 Å². The van der Waals surface area contributed by atoms with Gasteiger partial charge in [0.1, 0.15) is 0 Å². The number of para-hydroxylation sites is 1. The summed E-state index contributed by atoms with van der Waals surface area (Å²) in [4.78, 5) is 5.94. The Morgan fingerprint density at radius 2 is 1.95 bits per heavy atom. The summed E-state index contributed by atoms with van der Waals surface area (Å²) in [5.41, 5.74) is 10.1. The number of H-pyrrole nitrogens is 1. The molecule has 1 fully saturated rings. The van der Waals surface area contributed by atoms with E-state index in [4.69, 9.17) is 10.5 Å². The summed E-state index contributed by atoms with van der Waals surface area (Å²) in [7, 11) is 0. The van der Waals surface area contributed by atoms with E-state index < -0.39 is 0 Å². The molecule has 20 heavy (non-hydrogen) atoms. The third-order valence-corrected chi connectivity index (χ3v) is 4.18. The van der Waals surface area contributed by atoms with Crippen LogP contribution in [-0.4, -0.2) is 42.2 Å². The zero-order valence-electron chi connectivity index (χ0n) is 12.2. The van der Waals surface area contributed by atoms with Crippen molar-refractivity contribution in [2.75, 3.05) is 26.3 Å². The second-order valence-corrected chi connectivity index (χ2v) is 5.66. The first kappa shape index (κ1) is 13.6. The highest BCUT2D eigenvalue weighted by Crippen LogP contribution is 2.33. The topological polar surface area (TPSA) is 54.3 Å². The fourth-order valence-corrected chi connectivity index (χ4v) is 3.31. The molecule has 1 saturated heterocycles. The monoisotopic (exact) mass is 273 g/mol. The predicted molar refractivity (Wildman–Crippen MR) is 81.8 cm³/mol. The van der Waals surface area contributed by atoms with Crippen LogP contribution in [0.1, 0.15) is 24.2 Å². The molecule has 2 heterocycles. The lowest BCUT2D eigenvalue weighted by molar-refractivity contribution is 0.0118. The highest BCUT2D eigenvalue weighted by atomic mass is 16.5. The molecule has 0 bridgehead atoms. The Labute approximate surface area is 119 Å². The van der Waals surface area contributed by atoms with Crippen molar-refractivity contribution in [1.82, 2.24) is 9.88 Å². The first-order chi connectivity index (χ1) is 9.68. The lowest BCUT2D eigenvalue weighted by Crippen LogP contribution is -2.45. The molecule has 2 aromatic rings. The molecular formula is C16H23N3O. The standard InChI is InChI=1S/C16H23N3O/c1-11(17)16(19-7-9-20-10-8-19)15-12(2)18-14-6-4-3-5-13(14)15/h3-6,11,16,18H,7-10,17H2,1-2H3. The molecule has 0 amide bonds. The van der Waals surface area contributed by atoms with Gasteiger partial charge in [-0.3, -0.25) is 4.90 Å². The maximum absolute atomic E-state index is 6.32. The maximum atomic E-state index is 6.32. The Morgan fingerprint density at radius 3 is 2.65 bits per heavy atom. The predicted octanol–water partition coefficient (Wildman–Crippen LogP) is 2.20. The van der Waals surface area contributed by atoms with E-state index >= 15 is 0 Å². The fraction of sp³-hybridized carbons (Fsp3) is 0.500. The molecule has 1 aromatic heterocycles. The van der Waals surface area contributed by atoms with Crippen LogP contribution in [0.4, 0.5) is 0 Å². The summed E-state index contributed by atoms with van der Waals surface area (Å²) in [5, 5.41) is 1.29. The smallest absolute Gasteiger partial charge is 0.0594 e. The van der Waals surface area contributed by atoms with Gasteiger partial charge in [0, 0.05) is 35.7 Å². The number of nitrogens with two attached hydrogens (primary N) is 1. The summed E-state index contributed by atoms with van der Waals surface area (Å²) < 4.78 is 5.47. The Balaban J connectivity index is 2.07. The molecule has 1 aliphatic heterocycles. The van der Waals surface area contributed by atoms with Crippen molar-refractivity contribution in [3.8, 4) is 0 Å².